The lowest BCUT2D eigenvalue weighted by molar-refractivity contribution is 0.590. The molecule has 2 nitrogen and oxygen atoms in total. The second-order valence-electron chi connectivity index (χ2n) is 8.73. The van der Waals surface area contributed by atoms with Gasteiger partial charge >= 0.3 is 0 Å². The molecule has 0 bridgehead atoms. The van der Waals surface area contributed by atoms with E-state index in [2.05, 4.69) is 103 Å². The molecule has 0 saturated carbocycles. The maximum Gasteiger partial charge on any atom is 0.141 e. The maximum absolute atomic E-state index is 13.6. The number of hydrogen-bond acceptors (Lipinski definition) is 2. The normalized spacial score (nSPS) is 11.5. The highest BCUT2D eigenvalue weighted by Gasteiger charge is 2.20. The zero-order valence-electron chi connectivity index (χ0n) is 18.1. The van der Waals surface area contributed by atoms with Gasteiger partial charge in [-0.2, -0.15) is 0 Å². The van der Waals surface area contributed by atoms with Gasteiger partial charge in [-0.05, 0) is 93.6 Å². The van der Waals surface area contributed by atoms with Crippen LogP contribution in [0.1, 0.15) is 31.9 Å². The number of aromatic nitrogens is 2. The first-order valence-corrected chi connectivity index (χ1v) is 11.3. The Hall–Kier alpha value is -2.60. The molecular weight excluding hydrogens is 498 g/mol. The zero-order valence-corrected chi connectivity index (χ0v) is 20.2. The first-order valence-electron chi connectivity index (χ1n) is 10.2. The SMILES string of the molecule is Cc1cccnc1-c1cc(I)ccc1-c1ccc(C(C)(C)C)cc1-c1ccc(F)cn1. The molecule has 4 aromatic rings. The minimum Gasteiger partial charge on any atom is -0.256 e. The van der Waals surface area contributed by atoms with Crippen molar-refractivity contribution in [2.75, 3.05) is 0 Å². The van der Waals surface area contributed by atoms with Crippen molar-refractivity contribution in [1.29, 1.82) is 0 Å². The molecule has 0 saturated heterocycles. The van der Waals surface area contributed by atoms with E-state index in [1.807, 2.05) is 12.3 Å². The van der Waals surface area contributed by atoms with E-state index in [1.54, 1.807) is 6.07 Å². The van der Waals surface area contributed by atoms with Crippen molar-refractivity contribution < 1.29 is 4.39 Å². The van der Waals surface area contributed by atoms with Gasteiger partial charge in [0.1, 0.15) is 5.82 Å². The van der Waals surface area contributed by atoms with Gasteiger partial charge in [-0.25, -0.2) is 4.39 Å². The molecule has 0 atom stereocenters. The fourth-order valence-electron chi connectivity index (χ4n) is 3.71. The number of nitrogens with zero attached hydrogens (tertiary/aromatic N) is 2. The first-order chi connectivity index (χ1) is 14.7. The Labute approximate surface area is 196 Å². The number of pyridine rings is 2. The zero-order chi connectivity index (χ0) is 22.2. The van der Waals surface area contributed by atoms with Crippen LogP contribution in [0, 0.1) is 16.3 Å². The van der Waals surface area contributed by atoms with Crippen LogP contribution in [0.3, 0.4) is 0 Å². The van der Waals surface area contributed by atoms with Gasteiger partial charge in [0.25, 0.3) is 0 Å². The lowest BCUT2D eigenvalue weighted by Crippen LogP contribution is -2.11. The second-order valence-corrected chi connectivity index (χ2v) is 9.98. The van der Waals surface area contributed by atoms with Crippen molar-refractivity contribution >= 4 is 22.6 Å². The molecular formula is C27H24FIN2. The van der Waals surface area contributed by atoms with Crippen molar-refractivity contribution in [2.24, 2.45) is 0 Å². The summed E-state index contributed by atoms with van der Waals surface area (Å²) in [7, 11) is 0. The van der Waals surface area contributed by atoms with Gasteiger partial charge in [0.05, 0.1) is 17.6 Å². The molecule has 2 aromatic heterocycles. The minimum atomic E-state index is -0.337. The lowest BCUT2D eigenvalue weighted by atomic mass is 9.83. The summed E-state index contributed by atoms with van der Waals surface area (Å²) in [4.78, 5) is 9.08. The predicted octanol–water partition coefficient (Wildman–Crippen LogP) is 7.83. The number of halogens is 2. The average molecular weight is 522 g/mol. The molecule has 156 valence electrons. The van der Waals surface area contributed by atoms with Crippen LogP contribution >= 0.6 is 22.6 Å². The molecule has 0 fully saturated rings. The number of aryl methyl sites for hydroxylation is 1. The Kier molecular flexibility index (Phi) is 5.93. The minimum absolute atomic E-state index is 0.0141. The lowest BCUT2D eigenvalue weighted by Gasteiger charge is -2.22. The molecule has 0 aliphatic rings. The second kappa shape index (κ2) is 8.50. The number of rotatable bonds is 3. The number of benzene rings is 2. The van der Waals surface area contributed by atoms with Crippen molar-refractivity contribution in [2.45, 2.75) is 33.1 Å². The molecule has 0 N–H and O–H groups in total. The molecule has 31 heavy (non-hydrogen) atoms. The highest BCUT2D eigenvalue weighted by atomic mass is 127. The molecule has 0 amide bonds. The van der Waals surface area contributed by atoms with Crippen LogP contribution in [-0.2, 0) is 5.41 Å². The molecule has 2 aromatic carbocycles. The van der Waals surface area contributed by atoms with Gasteiger partial charge < -0.3 is 0 Å². The van der Waals surface area contributed by atoms with E-state index in [9.17, 15) is 4.39 Å². The topological polar surface area (TPSA) is 25.8 Å². The van der Waals surface area contributed by atoms with Gasteiger partial charge in [0.2, 0.25) is 0 Å². The summed E-state index contributed by atoms with van der Waals surface area (Å²) in [6.45, 7) is 8.66. The summed E-state index contributed by atoms with van der Waals surface area (Å²) in [6.07, 6.45) is 3.11. The fraction of sp³-hybridized carbons (Fsp3) is 0.185. The van der Waals surface area contributed by atoms with Crippen LogP contribution in [0.5, 0.6) is 0 Å². The van der Waals surface area contributed by atoms with Crippen LogP contribution in [0.15, 0.2) is 73.1 Å². The van der Waals surface area contributed by atoms with Gasteiger partial charge in [-0.15, -0.1) is 0 Å². The van der Waals surface area contributed by atoms with Gasteiger partial charge in [0, 0.05) is 20.9 Å². The Bertz CT molecular complexity index is 1240. The summed E-state index contributed by atoms with van der Waals surface area (Å²) in [5.74, 6) is -0.337. The van der Waals surface area contributed by atoms with Crippen molar-refractivity contribution in [3.63, 3.8) is 0 Å². The Morgan fingerprint density at radius 1 is 0.806 bits per heavy atom. The molecule has 0 spiro atoms. The third-order valence-corrected chi connectivity index (χ3v) is 6.10. The van der Waals surface area contributed by atoms with E-state index < -0.39 is 0 Å². The van der Waals surface area contributed by atoms with E-state index in [-0.39, 0.29) is 11.2 Å². The average Bonchev–Trinajstić information content (AvgIpc) is 2.74. The number of hydrogen-bond donors (Lipinski definition) is 0. The predicted molar refractivity (Wildman–Crippen MR) is 134 cm³/mol. The smallest absolute Gasteiger partial charge is 0.141 e. The fourth-order valence-corrected chi connectivity index (χ4v) is 4.20. The molecule has 4 rings (SSSR count). The monoisotopic (exact) mass is 522 g/mol. The molecule has 2 heterocycles. The molecule has 0 aliphatic carbocycles. The highest BCUT2D eigenvalue weighted by Crippen LogP contribution is 2.40. The van der Waals surface area contributed by atoms with Crippen molar-refractivity contribution in [1.82, 2.24) is 9.97 Å². The summed E-state index contributed by atoms with van der Waals surface area (Å²) in [5, 5.41) is 0. The van der Waals surface area contributed by atoms with Gasteiger partial charge in [0.15, 0.2) is 0 Å². The maximum atomic E-state index is 13.6. The highest BCUT2D eigenvalue weighted by molar-refractivity contribution is 14.1. The summed E-state index contributed by atoms with van der Waals surface area (Å²) in [5.41, 5.74) is 8.25. The molecule has 0 unspecified atom stereocenters. The van der Waals surface area contributed by atoms with Crippen LogP contribution in [0.4, 0.5) is 4.39 Å². The molecule has 0 radical (unpaired) electrons. The van der Waals surface area contributed by atoms with Crippen LogP contribution in [0.2, 0.25) is 0 Å². The van der Waals surface area contributed by atoms with E-state index in [0.717, 1.165) is 42.8 Å². The van der Waals surface area contributed by atoms with E-state index in [1.165, 1.54) is 17.8 Å². The van der Waals surface area contributed by atoms with Crippen molar-refractivity contribution in [3.05, 3.63) is 93.6 Å². The molecule has 0 aliphatic heterocycles. The quantitative estimate of drug-likeness (QED) is 0.256. The third-order valence-electron chi connectivity index (χ3n) is 5.43. The third kappa shape index (κ3) is 4.54. The standard InChI is InChI=1S/C27H24FIN2/c1-17-6-5-13-30-26(17)24-15-20(29)9-11-22(24)21-10-7-18(27(2,3)4)14-23(21)25-12-8-19(28)16-31-25/h5-16H,1-4H3. The van der Waals surface area contributed by atoms with Crippen LogP contribution in [-0.4, -0.2) is 9.97 Å². The summed E-state index contributed by atoms with van der Waals surface area (Å²) >= 11 is 2.34. The van der Waals surface area contributed by atoms with Crippen LogP contribution in [0.25, 0.3) is 33.6 Å². The van der Waals surface area contributed by atoms with E-state index in [4.69, 9.17) is 0 Å². The summed E-state index contributed by atoms with van der Waals surface area (Å²) < 4.78 is 14.7. The summed E-state index contributed by atoms with van der Waals surface area (Å²) in [6, 6.07) is 20.2. The largest absolute Gasteiger partial charge is 0.256 e. The van der Waals surface area contributed by atoms with E-state index >= 15 is 0 Å². The van der Waals surface area contributed by atoms with E-state index in [0.29, 0.717) is 0 Å². The first kappa shape index (κ1) is 21.6. The Morgan fingerprint density at radius 3 is 2.23 bits per heavy atom. The molecule has 4 heteroatoms. The van der Waals surface area contributed by atoms with Crippen LogP contribution < -0.4 is 0 Å². The van der Waals surface area contributed by atoms with Gasteiger partial charge in [-0.3, -0.25) is 9.97 Å². The Morgan fingerprint density at radius 2 is 1.55 bits per heavy atom. The van der Waals surface area contributed by atoms with Gasteiger partial charge in [-0.1, -0.05) is 45.0 Å². The van der Waals surface area contributed by atoms with Crippen molar-refractivity contribution in [3.8, 4) is 33.6 Å². The Balaban J connectivity index is 2.01.